The molecular formula is C23H19N3O3. The van der Waals surface area contributed by atoms with Gasteiger partial charge in [-0.1, -0.05) is 18.2 Å². The summed E-state index contributed by atoms with van der Waals surface area (Å²) in [7, 11) is 1.62. The molecule has 4 rings (SSSR count). The molecule has 0 saturated heterocycles. The Morgan fingerprint density at radius 3 is 2.69 bits per heavy atom. The Hall–Kier alpha value is -3.93. The van der Waals surface area contributed by atoms with E-state index in [0.29, 0.717) is 22.8 Å². The summed E-state index contributed by atoms with van der Waals surface area (Å²) in [6.45, 7) is 1.92. The topological polar surface area (TPSA) is 77.2 Å². The summed E-state index contributed by atoms with van der Waals surface area (Å²) in [6, 6.07) is 16.7. The third-order valence-corrected chi connectivity index (χ3v) is 4.53. The molecule has 6 nitrogen and oxygen atoms in total. The van der Waals surface area contributed by atoms with Crippen LogP contribution >= 0.6 is 0 Å². The number of ether oxygens (including phenoxy) is 1. The molecule has 0 aliphatic carbocycles. The van der Waals surface area contributed by atoms with Crippen molar-refractivity contribution in [2.24, 2.45) is 0 Å². The minimum absolute atomic E-state index is 0.222. The van der Waals surface area contributed by atoms with Gasteiger partial charge in [-0.2, -0.15) is 4.98 Å². The molecule has 29 heavy (non-hydrogen) atoms. The summed E-state index contributed by atoms with van der Waals surface area (Å²) in [5.41, 5.74) is 4.45. The fourth-order valence-corrected chi connectivity index (χ4v) is 2.95. The number of rotatable bonds is 5. The lowest BCUT2D eigenvalue weighted by Crippen LogP contribution is -2.09. The van der Waals surface area contributed by atoms with Crippen molar-refractivity contribution in [3.8, 4) is 17.2 Å². The lowest BCUT2D eigenvalue weighted by atomic mass is 10.1. The summed E-state index contributed by atoms with van der Waals surface area (Å²) < 4.78 is 10.9. The molecule has 144 valence electrons. The first-order valence-corrected chi connectivity index (χ1v) is 9.09. The van der Waals surface area contributed by atoms with Gasteiger partial charge in [0.1, 0.15) is 5.75 Å². The zero-order valence-electron chi connectivity index (χ0n) is 16.0. The molecule has 0 aliphatic heterocycles. The molecule has 2 heterocycles. The number of amides is 1. The van der Waals surface area contributed by atoms with E-state index >= 15 is 0 Å². The van der Waals surface area contributed by atoms with Gasteiger partial charge in [-0.25, -0.2) is 4.98 Å². The number of hydrogen-bond donors (Lipinski definition) is 1. The number of fused-ring (bicyclic) bond motifs is 1. The number of nitrogens with one attached hydrogen (secondary N) is 1. The Kier molecular flexibility index (Phi) is 5.07. The highest BCUT2D eigenvalue weighted by Crippen LogP contribution is 2.30. The SMILES string of the molecule is COc1ccc(C=CC(=O)Nc2cccc(-c3nc4ncccc4o3)c2C)cc1. The first-order valence-electron chi connectivity index (χ1n) is 9.09. The van der Waals surface area contributed by atoms with Crippen LogP contribution in [0.2, 0.25) is 0 Å². The van der Waals surface area contributed by atoms with Crippen molar-refractivity contribution in [1.29, 1.82) is 0 Å². The Balaban J connectivity index is 1.53. The first kappa shape index (κ1) is 18.4. The van der Waals surface area contributed by atoms with Crippen LogP contribution in [-0.2, 0) is 4.79 Å². The maximum absolute atomic E-state index is 12.4. The average Bonchev–Trinajstić information content (AvgIpc) is 3.18. The van der Waals surface area contributed by atoms with E-state index in [4.69, 9.17) is 9.15 Å². The van der Waals surface area contributed by atoms with Gasteiger partial charge in [-0.3, -0.25) is 4.79 Å². The van der Waals surface area contributed by atoms with E-state index < -0.39 is 0 Å². The summed E-state index contributed by atoms with van der Waals surface area (Å²) in [4.78, 5) is 21.0. The number of nitrogens with zero attached hydrogens (tertiary/aromatic N) is 2. The number of oxazole rings is 1. The van der Waals surface area contributed by atoms with Crippen LogP contribution in [0, 0.1) is 6.92 Å². The van der Waals surface area contributed by atoms with E-state index in [1.54, 1.807) is 25.4 Å². The maximum Gasteiger partial charge on any atom is 0.248 e. The van der Waals surface area contributed by atoms with E-state index in [2.05, 4.69) is 15.3 Å². The molecule has 0 bridgehead atoms. The second-order valence-corrected chi connectivity index (χ2v) is 6.42. The van der Waals surface area contributed by atoms with Gasteiger partial charge < -0.3 is 14.5 Å². The second-order valence-electron chi connectivity index (χ2n) is 6.42. The summed E-state index contributed by atoms with van der Waals surface area (Å²) in [5.74, 6) is 1.02. The van der Waals surface area contributed by atoms with Gasteiger partial charge >= 0.3 is 0 Å². The predicted octanol–water partition coefficient (Wildman–Crippen LogP) is 4.86. The maximum atomic E-state index is 12.4. The largest absolute Gasteiger partial charge is 0.497 e. The molecule has 0 spiro atoms. The fourth-order valence-electron chi connectivity index (χ4n) is 2.95. The molecule has 0 aliphatic rings. The van der Waals surface area contributed by atoms with E-state index in [1.807, 2.05) is 55.5 Å². The quantitative estimate of drug-likeness (QED) is 0.497. The van der Waals surface area contributed by atoms with Crippen molar-refractivity contribution in [2.45, 2.75) is 6.92 Å². The molecular weight excluding hydrogens is 366 g/mol. The highest BCUT2D eigenvalue weighted by atomic mass is 16.5. The molecule has 0 radical (unpaired) electrons. The molecule has 1 amide bonds. The third-order valence-electron chi connectivity index (χ3n) is 4.53. The Morgan fingerprint density at radius 1 is 1.10 bits per heavy atom. The van der Waals surface area contributed by atoms with Crippen molar-refractivity contribution in [3.05, 3.63) is 78.0 Å². The van der Waals surface area contributed by atoms with E-state index in [9.17, 15) is 4.79 Å². The zero-order chi connectivity index (χ0) is 20.2. The molecule has 0 atom stereocenters. The number of methoxy groups -OCH3 is 1. The van der Waals surface area contributed by atoms with Crippen molar-refractivity contribution in [1.82, 2.24) is 9.97 Å². The Bertz CT molecular complexity index is 1160. The Labute approximate surface area is 167 Å². The number of benzene rings is 2. The average molecular weight is 385 g/mol. The van der Waals surface area contributed by atoms with Gasteiger partial charge in [0.2, 0.25) is 11.8 Å². The van der Waals surface area contributed by atoms with Crippen molar-refractivity contribution >= 4 is 28.9 Å². The van der Waals surface area contributed by atoms with Crippen LogP contribution in [0.1, 0.15) is 11.1 Å². The highest BCUT2D eigenvalue weighted by Gasteiger charge is 2.13. The smallest absolute Gasteiger partial charge is 0.248 e. The Morgan fingerprint density at radius 2 is 1.93 bits per heavy atom. The van der Waals surface area contributed by atoms with Crippen LogP contribution in [0.25, 0.3) is 28.8 Å². The van der Waals surface area contributed by atoms with E-state index in [-0.39, 0.29) is 5.91 Å². The molecule has 0 fully saturated rings. The van der Waals surface area contributed by atoms with Gasteiger partial charge in [0.15, 0.2) is 11.2 Å². The minimum Gasteiger partial charge on any atom is -0.497 e. The molecule has 6 heteroatoms. The molecule has 2 aromatic carbocycles. The molecule has 4 aromatic rings. The number of pyridine rings is 1. The van der Waals surface area contributed by atoms with Gasteiger partial charge in [-0.15, -0.1) is 0 Å². The minimum atomic E-state index is -0.222. The van der Waals surface area contributed by atoms with Gasteiger partial charge in [0.05, 0.1) is 7.11 Å². The highest BCUT2D eigenvalue weighted by molar-refractivity contribution is 6.02. The summed E-state index contributed by atoms with van der Waals surface area (Å²) >= 11 is 0. The number of carbonyl (C=O) groups is 1. The van der Waals surface area contributed by atoms with Crippen molar-refractivity contribution < 1.29 is 13.9 Å². The van der Waals surface area contributed by atoms with E-state index in [0.717, 1.165) is 22.4 Å². The number of aromatic nitrogens is 2. The standard InChI is InChI=1S/C23H19N3O3/c1-15-18(23-26-22-20(29-23)7-4-14-24-22)5-3-6-19(15)25-21(27)13-10-16-8-11-17(28-2)12-9-16/h3-14H,1-2H3,(H,25,27). The number of hydrogen-bond acceptors (Lipinski definition) is 5. The summed E-state index contributed by atoms with van der Waals surface area (Å²) in [5, 5.41) is 2.91. The molecule has 1 N–H and O–H groups in total. The van der Waals surface area contributed by atoms with Gasteiger partial charge in [0.25, 0.3) is 0 Å². The third kappa shape index (κ3) is 4.01. The van der Waals surface area contributed by atoms with Crippen LogP contribution in [0.15, 0.2) is 71.3 Å². The summed E-state index contributed by atoms with van der Waals surface area (Å²) in [6.07, 6.45) is 4.92. The predicted molar refractivity (Wildman–Crippen MR) is 113 cm³/mol. The fraction of sp³-hybridized carbons (Fsp3) is 0.0870. The van der Waals surface area contributed by atoms with Crippen LogP contribution < -0.4 is 10.1 Å². The van der Waals surface area contributed by atoms with Crippen LogP contribution in [-0.4, -0.2) is 23.0 Å². The lowest BCUT2D eigenvalue weighted by molar-refractivity contribution is -0.111. The second kappa shape index (κ2) is 7.98. The van der Waals surface area contributed by atoms with Crippen molar-refractivity contribution in [3.63, 3.8) is 0 Å². The van der Waals surface area contributed by atoms with Crippen LogP contribution in [0.4, 0.5) is 5.69 Å². The first-order chi connectivity index (χ1) is 14.1. The normalized spacial score (nSPS) is 11.1. The monoisotopic (exact) mass is 385 g/mol. The molecule has 0 unspecified atom stereocenters. The van der Waals surface area contributed by atoms with Crippen LogP contribution in [0.3, 0.4) is 0 Å². The lowest BCUT2D eigenvalue weighted by Gasteiger charge is -2.09. The molecule has 0 saturated carbocycles. The van der Waals surface area contributed by atoms with E-state index in [1.165, 1.54) is 6.08 Å². The van der Waals surface area contributed by atoms with Crippen LogP contribution in [0.5, 0.6) is 5.75 Å². The number of carbonyl (C=O) groups excluding carboxylic acids is 1. The van der Waals surface area contributed by atoms with Crippen molar-refractivity contribution in [2.75, 3.05) is 12.4 Å². The zero-order valence-corrected chi connectivity index (χ0v) is 16.0. The van der Waals surface area contributed by atoms with Gasteiger partial charge in [0, 0.05) is 23.5 Å². The molecule has 2 aromatic heterocycles. The number of anilines is 1. The van der Waals surface area contributed by atoms with Gasteiger partial charge in [-0.05, 0) is 60.5 Å².